The van der Waals surface area contributed by atoms with Gasteiger partial charge in [0, 0.05) is 23.1 Å². The van der Waals surface area contributed by atoms with E-state index in [9.17, 15) is 9.59 Å². The maximum Gasteiger partial charge on any atom is 0.235 e. The summed E-state index contributed by atoms with van der Waals surface area (Å²) in [4.78, 5) is 26.9. The molecule has 1 aromatic rings. The minimum absolute atomic E-state index is 0.0194. The zero-order chi connectivity index (χ0) is 13.6. The second kappa shape index (κ2) is 4.37. The van der Waals surface area contributed by atoms with Crippen LogP contribution in [0.5, 0.6) is 0 Å². The summed E-state index contributed by atoms with van der Waals surface area (Å²) in [6, 6.07) is 8.30. The first-order valence-corrected chi connectivity index (χ1v) is 7.45. The highest BCUT2D eigenvalue weighted by atomic mass is 32.2. The van der Waals surface area contributed by atoms with Crippen molar-refractivity contribution < 1.29 is 9.59 Å². The molecule has 3 nitrogen and oxygen atoms in total. The summed E-state index contributed by atoms with van der Waals surface area (Å²) in [5.41, 5.74) is 0.809. The molecule has 4 heteroatoms. The van der Waals surface area contributed by atoms with Gasteiger partial charge in [-0.1, -0.05) is 32.0 Å². The van der Waals surface area contributed by atoms with E-state index in [0.717, 1.165) is 6.42 Å². The molecule has 2 amide bonds. The lowest BCUT2D eigenvalue weighted by molar-refractivity contribution is -0.140. The van der Waals surface area contributed by atoms with E-state index in [1.165, 1.54) is 15.4 Å². The van der Waals surface area contributed by atoms with Crippen molar-refractivity contribution in [2.24, 2.45) is 5.41 Å². The van der Waals surface area contributed by atoms with E-state index in [1.807, 2.05) is 26.0 Å². The Balaban J connectivity index is 1.72. The summed E-state index contributed by atoms with van der Waals surface area (Å²) in [7, 11) is 0. The number of thioether (sulfide) groups is 1. The van der Waals surface area contributed by atoms with Crippen LogP contribution in [0.3, 0.4) is 0 Å². The van der Waals surface area contributed by atoms with Crippen LogP contribution in [0.15, 0.2) is 29.2 Å². The predicted molar refractivity (Wildman–Crippen MR) is 74.9 cm³/mol. The van der Waals surface area contributed by atoms with E-state index in [2.05, 4.69) is 12.1 Å². The Hall–Kier alpha value is -1.29. The third-order valence-corrected chi connectivity index (χ3v) is 5.12. The molecule has 0 aromatic heterocycles. The summed E-state index contributed by atoms with van der Waals surface area (Å²) in [6.45, 7) is 4.24. The van der Waals surface area contributed by atoms with Crippen molar-refractivity contribution in [3.8, 4) is 0 Å². The second-order valence-electron chi connectivity index (χ2n) is 5.92. The maximum atomic E-state index is 12.2. The van der Waals surface area contributed by atoms with E-state index < -0.39 is 5.41 Å². The Labute approximate surface area is 117 Å². The molecule has 1 unspecified atom stereocenters. The van der Waals surface area contributed by atoms with Gasteiger partial charge in [-0.25, -0.2) is 0 Å². The van der Waals surface area contributed by atoms with Crippen LogP contribution in [0.4, 0.5) is 0 Å². The zero-order valence-electron chi connectivity index (χ0n) is 11.2. The summed E-state index contributed by atoms with van der Waals surface area (Å²) in [5.74, 6) is -0.0411. The highest BCUT2D eigenvalue weighted by molar-refractivity contribution is 8.00. The molecule has 3 rings (SSSR count). The summed E-state index contributed by atoms with van der Waals surface area (Å²) < 4.78 is 0. The van der Waals surface area contributed by atoms with Crippen LogP contribution < -0.4 is 0 Å². The van der Waals surface area contributed by atoms with Gasteiger partial charge in [0.1, 0.15) is 0 Å². The Kier molecular flexibility index (Phi) is 2.93. The Bertz CT molecular complexity index is 528. The molecule has 0 aliphatic carbocycles. The number of benzene rings is 1. The van der Waals surface area contributed by atoms with Crippen molar-refractivity contribution in [3.05, 3.63) is 29.8 Å². The molecule has 2 aliphatic heterocycles. The first-order chi connectivity index (χ1) is 8.97. The number of nitrogens with zero attached hydrogens (tertiary/aromatic N) is 1. The van der Waals surface area contributed by atoms with Gasteiger partial charge < -0.3 is 0 Å². The summed E-state index contributed by atoms with van der Waals surface area (Å²) in [5, 5.41) is 0.305. The molecule has 0 radical (unpaired) electrons. The lowest BCUT2D eigenvalue weighted by Gasteiger charge is -2.20. The zero-order valence-corrected chi connectivity index (χ0v) is 12.0. The molecule has 1 saturated heterocycles. The third kappa shape index (κ3) is 2.18. The van der Waals surface area contributed by atoms with Crippen molar-refractivity contribution in [2.75, 3.05) is 6.54 Å². The smallest absolute Gasteiger partial charge is 0.235 e. The topological polar surface area (TPSA) is 37.4 Å². The molecular weight excluding hydrogens is 258 g/mol. The summed E-state index contributed by atoms with van der Waals surface area (Å²) in [6.07, 6.45) is 1.29. The normalized spacial score (nSPS) is 24.9. The van der Waals surface area contributed by atoms with Gasteiger partial charge in [-0.05, 0) is 18.1 Å². The minimum Gasteiger partial charge on any atom is -0.281 e. The van der Waals surface area contributed by atoms with Gasteiger partial charge in [0.15, 0.2) is 0 Å². The number of imide groups is 1. The average Bonchev–Trinajstić information content (AvgIpc) is 2.83. The molecule has 2 heterocycles. The van der Waals surface area contributed by atoms with Crippen LogP contribution in [-0.4, -0.2) is 28.5 Å². The SMILES string of the molecule is CC1(C)CC(=O)N(CC2Cc3ccccc3S2)C1=O. The van der Waals surface area contributed by atoms with Gasteiger partial charge in [0.2, 0.25) is 11.8 Å². The second-order valence-corrected chi connectivity index (χ2v) is 7.26. The van der Waals surface area contributed by atoms with Gasteiger partial charge in [-0.2, -0.15) is 0 Å². The van der Waals surface area contributed by atoms with Crippen LogP contribution in [0.1, 0.15) is 25.8 Å². The standard InChI is InChI=1S/C15H17NO2S/c1-15(2)8-13(17)16(14(15)18)9-11-7-10-5-3-4-6-12(10)19-11/h3-6,11H,7-9H2,1-2H3. The molecule has 0 saturated carbocycles. The monoisotopic (exact) mass is 275 g/mol. The number of fused-ring (bicyclic) bond motifs is 1. The first-order valence-electron chi connectivity index (χ1n) is 6.57. The van der Waals surface area contributed by atoms with Gasteiger partial charge >= 0.3 is 0 Å². The number of hydrogen-bond donors (Lipinski definition) is 0. The van der Waals surface area contributed by atoms with Crippen molar-refractivity contribution in [3.63, 3.8) is 0 Å². The fourth-order valence-electron chi connectivity index (χ4n) is 2.77. The molecule has 100 valence electrons. The van der Waals surface area contributed by atoms with Gasteiger partial charge in [0.25, 0.3) is 0 Å². The first kappa shape index (κ1) is 12.7. The Morgan fingerprint density at radius 1 is 1.32 bits per heavy atom. The van der Waals surface area contributed by atoms with Crippen molar-refractivity contribution in [1.29, 1.82) is 0 Å². The van der Waals surface area contributed by atoms with E-state index in [4.69, 9.17) is 0 Å². The van der Waals surface area contributed by atoms with E-state index in [1.54, 1.807) is 11.8 Å². The molecule has 0 bridgehead atoms. The van der Waals surface area contributed by atoms with Crippen LogP contribution >= 0.6 is 11.8 Å². The summed E-state index contributed by atoms with van der Waals surface area (Å²) >= 11 is 1.78. The lowest BCUT2D eigenvalue weighted by Crippen LogP contribution is -2.37. The lowest BCUT2D eigenvalue weighted by atomic mass is 9.92. The molecule has 1 atom stereocenters. The minimum atomic E-state index is -0.521. The van der Waals surface area contributed by atoms with E-state index in [-0.39, 0.29) is 11.8 Å². The molecular formula is C15H17NO2S. The number of rotatable bonds is 2. The maximum absolute atomic E-state index is 12.2. The van der Waals surface area contributed by atoms with E-state index in [0.29, 0.717) is 18.2 Å². The van der Waals surface area contributed by atoms with Crippen LogP contribution in [0.25, 0.3) is 0 Å². The number of likely N-dealkylation sites (tertiary alicyclic amines) is 1. The molecule has 1 aromatic carbocycles. The number of carbonyl (C=O) groups is 2. The van der Waals surface area contributed by atoms with Crippen molar-refractivity contribution >= 4 is 23.6 Å². The molecule has 19 heavy (non-hydrogen) atoms. The highest BCUT2D eigenvalue weighted by Gasteiger charge is 2.45. The number of hydrogen-bond acceptors (Lipinski definition) is 3. The van der Waals surface area contributed by atoms with Crippen LogP contribution in [-0.2, 0) is 16.0 Å². The van der Waals surface area contributed by atoms with Gasteiger partial charge in [0.05, 0.1) is 5.41 Å². The van der Waals surface area contributed by atoms with Crippen molar-refractivity contribution in [2.45, 2.75) is 36.8 Å². The highest BCUT2D eigenvalue weighted by Crippen LogP contribution is 2.39. The average molecular weight is 275 g/mol. The Morgan fingerprint density at radius 2 is 2.05 bits per heavy atom. The molecule has 0 spiro atoms. The van der Waals surface area contributed by atoms with Gasteiger partial charge in [-0.15, -0.1) is 11.8 Å². The Morgan fingerprint density at radius 3 is 2.68 bits per heavy atom. The fraction of sp³-hybridized carbons (Fsp3) is 0.467. The molecule has 0 N–H and O–H groups in total. The molecule has 1 fully saturated rings. The third-order valence-electron chi connectivity index (χ3n) is 3.82. The van der Waals surface area contributed by atoms with E-state index >= 15 is 0 Å². The largest absolute Gasteiger partial charge is 0.281 e. The number of carbonyl (C=O) groups excluding carboxylic acids is 2. The molecule has 2 aliphatic rings. The van der Waals surface area contributed by atoms with Crippen LogP contribution in [0.2, 0.25) is 0 Å². The quantitative estimate of drug-likeness (QED) is 0.778. The predicted octanol–water partition coefficient (Wildman–Crippen LogP) is 2.49. The fourth-order valence-corrected chi connectivity index (χ4v) is 4.08. The van der Waals surface area contributed by atoms with Crippen LogP contribution in [0, 0.1) is 5.41 Å². The van der Waals surface area contributed by atoms with Gasteiger partial charge in [-0.3, -0.25) is 14.5 Å². The number of amides is 2. The van der Waals surface area contributed by atoms with Crippen molar-refractivity contribution in [1.82, 2.24) is 4.90 Å².